The van der Waals surface area contributed by atoms with Crippen molar-refractivity contribution < 1.29 is 0 Å². The number of hydrogen-bond acceptors (Lipinski definition) is 3. The quantitative estimate of drug-likeness (QED) is 0.126. The van der Waals surface area contributed by atoms with E-state index in [2.05, 4.69) is 176 Å². The van der Waals surface area contributed by atoms with Crippen LogP contribution in [0.3, 0.4) is 0 Å². The molecule has 0 radical (unpaired) electrons. The van der Waals surface area contributed by atoms with Crippen LogP contribution in [0.1, 0.15) is 0 Å². The van der Waals surface area contributed by atoms with E-state index in [0.717, 1.165) is 27.8 Å². The van der Waals surface area contributed by atoms with Gasteiger partial charge in [-0.2, -0.15) is 0 Å². The summed E-state index contributed by atoms with van der Waals surface area (Å²) < 4.78 is 0. The maximum atomic E-state index is 5.05. The minimum absolute atomic E-state index is 0.637. The van der Waals surface area contributed by atoms with E-state index in [4.69, 9.17) is 15.0 Å². The Bertz CT molecular complexity index is 3300. The molecule has 1 heterocycles. The highest BCUT2D eigenvalue weighted by Crippen LogP contribution is 2.44. The highest BCUT2D eigenvalue weighted by atomic mass is 15.0. The lowest BCUT2D eigenvalue weighted by atomic mass is 9.86. The van der Waals surface area contributed by atoms with Crippen LogP contribution in [0, 0.1) is 0 Å². The summed E-state index contributed by atoms with van der Waals surface area (Å²) in [5, 5.41) is 10.00. The summed E-state index contributed by atoms with van der Waals surface area (Å²) in [4.78, 5) is 15.0. The molecule has 11 aromatic rings. The Kier molecular flexibility index (Phi) is 8.15. The van der Waals surface area contributed by atoms with Crippen molar-refractivity contribution in [2.24, 2.45) is 0 Å². The molecule has 0 N–H and O–H groups in total. The molecule has 10 aromatic carbocycles. The van der Waals surface area contributed by atoms with Gasteiger partial charge in [-0.25, -0.2) is 15.0 Å². The van der Waals surface area contributed by atoms with Crippen molar-refractivity contribution in [2.45, 2.75) is 0 Å². The van der Waals surface area contributed by atoms with Crippen LogP contribution in [0.25, 0.3) is 111 Å². The van der Waals surface area contributed by atoms with Gasteiger partial charge in [-0.05, 0) is 82.5 Å². The average Bonchev–Trinajstić information content (AvgIpc) is 3.31. The molecular weight excluding hydrogens is 703 g/mol. The Morgan fingerprint density at radius 3 is 1.29 bits per heavy atom. The second-order valence-electron chi connectivity index (χ2n) is 14.8. The predicted molar refractivity (Wildman–Crippen MR) is 242 cm³/mol. The Hall–Kier alpha value is -7.75. The van der Waals surface area contributed by atoms with E-state index in [1.54, 1.807) is 0 Å². The van der Waals surface area contributed by atoms with Gasteiger partial charge in [0.05, 0.1) is 0 Å². The van der Waals surface area contributed by atoms with Crippen molar-refractivity contribution in [3.8, 4) is 67.5 Å². The van der Waals surface area contributed by atoms with E-state index in [1.807, 2.05) is 36.4 Å². The van der Waals surface area contributed by atoms with Crippen LogP contribution >= 0.6 is 0 Å². The van der Waals surface area contributed by atoms with Gasteiger partial charge in [-0.15, -0.1) is 0 Å². The van der Waals surface area contributed by atoms with E-state index in [0.29, 0.717) is 17.5 Å². The minimum atomic E-state index is 0.637. The van der Waals surface area contributed by atoms with E-state index < -0.39 is 0 Å². The van der Waals surface area contributed by atoms with E-state index in [-0.39, 0.29) is 0 Å². The topological polar surface area (TPSA) is 38.7 Å². The van der Waals surface area contributed by atoms with Crippen LogP contribution in [-0.2, 0) is 0 Å². The lowest BCUT2D eigenvalue weighted by Gasteiger charge is -2.17. The Morgan fingerprint density at radius 1 is 0.224 bits per heavy atom. The zero-order valence-electron chi connectivity index (χ0n) is 31.5. The molecule has 11 rings (SSSR count). The summed E-state index contributed by atoms with van der Waals surface area (Å²) >= 11 is 0. The smallest absolute Gasteiger partial charge is 0.164 e. The fourth-order valence-corrected chi connectivity index (χ4v) is 8.47. The summed E-state index contributed by atoms with van der Waals surface area (Å²) in [6.45, 7) is 0. The fourth-order valence-electron chi connectivity index (χ4n) is 8.47. The monoisotopic (exact) mass is 737 g/mol. The van der Waals surface area contributed by atoms with Gasteiger partial charge in [-0.1, -0.05) is 206 Å². The van der Waals surface area contributed by atoms with E-state index in [1.165, 1.54) is 65.3 Å². The number of rotatable bonds is 6. The van der Waals surface area contributed by atoms with Gasteiger partial charge in [0.1, 0.15) is 0 Å². The van der Waals surface area contributed by atoms with Crippen molar-refractivity contribution in [3.63, 3.8) is 0 Å². The maximum Gasteiger partial charge on any atom is 0.164 e. The van der Waals surface area contributed by atoms with E-state index in [9.17, 15) is 0 Å². The number of fused-ring (bicyclic) bond motifs is 5. The van der Waals surface area contributed by atoms with Gasteiger partial charge < -0.3 is 0 Å². The van der Waals surface area contributed by atoms with Crippen molar-refractivity contribution in [1.29, 1.82) is 0 Å². The molecule has 1 aromatic heterocycles. The first-order valence-corrected chi connectivity index (χ1v) is 19.7. The molecule has 0 saturated carbocycles. The Labute approximate surface area is 336 Å². The fraction of sp³-hybridized carbons (Fsp3) is 0. The zero-order chi connectivity index (χ0) is 38.4. The SMILES string of the molecule is c1ccc(-c2ccc(-c3nc(-c4ccccc4)nc(-c4ccc(-c5ccc(-c6c7ccccc7cc7c6ccc6ccccc67)c6ccccc56)cc4)n3)cc2)cc1. The van der Waals surface area contributed by atoms with Crippen LogP contribution in [0.5, 0.6) is 0 Å². The third-order valence-corrected chi connectivity index (χ3v) is 11.3. The molecule has 0 bridgehead atoms. The van der Waals surface area contributed by atoms with Crippen molar-refractivity contribution in [3.05, 3.63) is 212 Å². The summed E-state index contributed by atoms with van der Waals surface area (Å²) in [7, 11) is 0. The number of hydrogen-bond donors (Lipinski definition) is 0. The molecular formula is C55H35N3. The van der Waals surface area contributed by atoms with Crippen LogP contribution in [0.4, 0.5) is 0 Å². The molecule has 0 amide bonds. The first kappa shape index (κ1) is 33.6. The second-order valence-corrected chi connectivity index (χ2v) is 14.8. The van der Waals surface area contributed by atoms with Gasteiger partial charge in [0, 0.05) is 16.7 Å². The lowest BCUT2D eigenvalue weighted by molar-refractivity contribution is 1.07. The van der Waals surface area contributed by atoms with Gasteiger partial charge >= 0.3 is 0 Å². The summed E-state index contributed by atoms with van der Waals surface area (Å²) in [5.74, 6) is 1.92. The highest BCUT2D eigenvalue weighted by Gasteiger charge is 2.17. The molecule has 3 heteroatoms. The molecule has 0 aliphatic carbocycles. The average molecular weight is 738 g/mol. The molecule has 0 aliphatic rings. The van der Waals surface area contributed by atoms with Crippen LogP contribution in [0.15, 0.2) is 212 Å². The zero-order valence-corrected chi connectivity index (χ0v) is 31.5. The summed E-state index contributed by atoms with van der Waals surface area (Å²) in [5.41, 5.74) is 9.96. The van der Waals surface area contributed by atoms with Gasteiger partial charge in [0.15, 0.2) is 17.5 Å². The second kappa shape index (κ2) is 14.1. The number of nitrogens with zero attached hydrogens (tertiary/aromatic N) is 3. The maximum absolute atomic E-state index is 5.05. The molecule has 0 spiro atoms. The first-order chi connectivity index (χ1) is 28.7. The molecule has 0 fully saturated rings. The molecule has 0 unspecified atom stereocenters. The van der Waals surface area contributed by atoms with E-state index >= 15 is 0 Å². The first-order valence-electron chi connectivity index (χ1n) is 19.7. The molecule has 0 saturated heterocycles. The highest BCUT2D eigenvalue weighted by molar-refractivity contribution is 6.23. The van der Waals surface area contributed by atoms with Crippen LogP contribution in [0.2, 0.25) is 0 Å². The molecule has 58 heavy (non-hydrogen) atoms. The molecule has 270 valence electrons. The van der Waals surface area contributed by atoms with Crippen LogP contribution < -0.4 is 0 Å². The van der Waals surface area contributed by atoms with Gasteiger partial charge in [0.2, 0.25) is 0 Å². The van der Waals surface area contributed by atoms with Gasteiger partial charge in [-0.3, -0.25) is 0 Å². The lowest BCUT2D eigenvalue weighted by Crippen LogP contribution is -2.00. The van der Waals surface area contributed by atoms with Crippen molar-refractivity contribution in [1.82, 2.24) is 15.0 Å². The summed E-state index contributed by atoms with van der Waals surface area (Å²) in [6.07, 6.45) is 0. The number of benzene rings is 10. The third-order valence-electron chi connectivity index (χ3n) is 11.3. The largest absolute Gasteiger partial charge is 0.208 e. The standard InChI is InChI=1S/C55H35N3/c1-3-13-36(14-4-1)37-23-27-41(28-24-37)54-56-53(40-16-5-2-6-17-40)57-55(58-54)42-29-25-39(26-30-42)45-33-34-49(48-22-12-11-21-47(45)48)52-46-20-10-8-18-43(46)35-51-44-19-9-7-15-38(44)31-32-50(51)52/h1-35H. The normalized spacial score (nSPS) is 11.4. The minimum Gasteiger partial charge on any atom is -0.208 e. The third kappa shape index (κ3) is 5.89. The summed E-state index contributed by atoms with van der Waals surface area (Å²) in [6, 6.07) is 75.4. The Morgan fingerprint density at radius 2 is 0.655 bits per heavy atom. The van der Waals surface area contributed by atoms with Gasteiger partial charge in [0.25, 0.3) is 0 Å². The van der Waals surface area contributed by atoms with Crippen molar-refractivity contribution >= 4 is 43.1 Å². The molecule has 0 atom stereocenters. The van der Waals surface area contributed by atoms with Crippen LogP contribution in [-0.4, -0.2) is 15.0 Å². The molecule has 0 aliphatic heterocycles. The number of aromatic nitrogens is 3. The predicted octanol–water partition coefficient (Wildman–Crippen LogP) is 14.5. The Balaban J connectivity index is 1.01. The molecule has 3 nitrogen and oxygen atoms in total. The van der Waals surface area contributed by atoms with Crippen molar-refractivity contribution in [2.75, 3.05) is 0 Å².